The molecule has 6 nitrogen and oxygen atoms in total. The average Bonchev–Trinajstić information content (AvgIpc) is 2.96. The molecule has 1 N–H and O–H groups in total. The zero-order valence-corrected chi connectivity index (χ0v) is 14.6. The lowest BCUT2D eigenvalue weighted by Gasteiger charge is -2.27. The molecule has 0 spiro atoms. The number of benzene rings is 1. The molecule has 0 unspecified atom stereocenters. The topological polar surface area (TPSA) is 71.0 Å². The van der Waals surface area contributed by atoms with Crippen molar-refractivity contribution in [3.05, 3.63) is 34.9 Å². The van der Waals surface area contributed by atoms with Crippen LogP contribution in [0.1, 0.15) is 12.0 Å². The van der Waals surface area contributed by atoms with E-state index in [1.54, 1.807) is 12.1 Å². The van der Waals surface area contributed by atoms with E-state index in [4.69, 9.17) is 16.3 Å². The maximum atomic E-state index is 12.1. The van der Waals surface area contributed by atoms with Gasteiger partial charge in [-0.3, -0.25) is 9.59 Å². The van der Waals surface area contributed by atoms with Crippen LogP contribution in [0.25, 0.3) is 0 Å². The number of amides is 2. The molecular formula is C16H18ClN3O3S. The van der Waals surface area contributed by atoms with Crippen molar-refractivity contribution in [1.29, 1.82) is 0 Å². The van der Waals surface area contributed by atoms with Crippen molar-refractivity contribution in [2.24, 2.45) is 4.99 Å². The van der Waals surface area contributed by atoms with Crippen molar-refractivity contribution in [3.63, 3.8) is 0 Å². The Morgan fingerprint density at radius 3 is 2.75 bits per heavy atom. The summed E-state index contributed by atoms with van der Waals surface area (Å²) >= 11 is 7.20. The van der Waals surface area contributed by atoms with Crippen LogP contribution in [0.2, 0.25) is 5.02 Å². The van der Waals surface area contributed by atoms with Crippen molar-refractivity contribution in [3.8, 4) is 0 Å². The highest BCUT2D eigenvalue weighted by molar-refractivity contribution is 8.15. The number of hydrogen-bond donors (Lipinski definition) is 1. The first-order valence-corrected chi connectivity index (χ1v) is 9.00. The standard InChI is InChI=1S/C16H18ClN3O3S/c17-12-3-1-11(2-4-12)10-18-14(21)9-13-15(22)19-16(24-13)20-5-7-23-8-6-20/h1-4,13H,5-10H2,(H,18,21)/t13-/m0/s1. The lowest BCUT2D eigenvalue weighted by Crippen LogP contribution is -2.39. The predicted molar refractivity (Wildman–Crippen MR) is 94.1 cm³/mol. The molecule has 2 heterocycles. The third-order valence-corrected chi connectivity index (χ3v) is 5.25. The van der Waals surface area contributed by atoms with Crippen molar-refractivity contribution in [1.82, 2.24) is 10.2 Å². The normalized spacial score (nSPS) is 20.9. The number of carbonyl (C=O) groups excluding carboxylic acids is 2. The number of morpholine rings is 1. The number of nitrogens with zero attached hydrogens (tertiary/aromatic N) is 2. The fraction of sp³-hybridized carbons (Fsp3) is 0.438. The van der Waals surface area contributed by atoms with Gasteiger partial charge >= 0.3 is 0 Å². The first kappa shape index (κ1) is 17.3. The first-order chi connectivity index (χ1) is 11.6. The van der Waals surface area contributed by atoms with E-state index >= 15 is 0 Å². The smallest absolute Gasteiger partial charge is 0.262 e. The number of halogens is 1. The van der Waals surface area contributed by atoms with Gasteiger partial charge in [0.1, 0.15) is 5.25 Å². The van der Waals surface area contributed by atoms with Gasteiger partial charge in [0.25, 0.3) is 5.91 Å². The molecule has 1 atom stereocenters. The van der Waals surface area contributed by atoms with Crippen LogP contribution in [0, 0.1) is 0 Å². The average molecular weight is 368 g/mol. The van der Waals surface area contributed by atoms with Crippen LogP contribution in [-0.4, -0.2) is 53.4 Å². The van der Waals surface area contributed by atoms with Gasteiger partial charge in [0.2, 0.25) is 5.91 Å². The number of carbonyl (C=O) groups is 2. The van der Waals surface area contributed by atoms with Gasteiger partial charge in [0.15, 0.2) is 5.17 Å². The summed E-state index contributed by atoms with van der Waals surface area (Å²) < 4.78 is 5.30. The van der Waals surface area contributed by atoms with E-state index in [9.17, 15) is 9.59 Å². The molecule has 2 amide bonds. The summed E-state index contributed by atoms with van der Waals surface area (Å²) in [6, 6.07) is 7.28. The summed E-state index contributed by atoms with van der Waals surface area (Å²) in [5, 5.41) is 3.76. The summed E-state index contributed by atoms with van der Waals surface area (Å²) in [7, 11) is 0. The van der Waals surface area contributed by atoms with E-state index in [-0.39, 0.29) is 18.2 Å². The minimum absolute atomic E-state index is 0.133. The maximum Gasteiger partial charge on any atom is 0.262 e. The summed E-state index contributed by atoms with van der Waals surface area (Å²) in [4.78, 5) is 30.2. The Morgan fingerprint density at radius 2 is 2.04 bits per heavy atom. The third-order valence-electron chi connectivity index (χ3n) is 3.78. The highest BCUT2D eigenvalue weighted by atomic mass is 35.5. The second-order valence-electron chi connectivity index (χ2n) is 5.55. The van der Waals surface area contributed by atoms with Gasteiger partial charge in [-0.05, 0) is 17.7 Å². The molecule has 24 heavy (non-hydrogen) atoms. The molecular weight excluding hydrogens is 350 g/mol. The second kappa shape index (κ2) is 8.00. The SMILES string of the molecule is O=C(C[C@@H]1SC(N2CCOCC2)=NC1=O)NCc1ccc(Cl)cc1. The zero-order chi connectivity index (χ0) is 16.9. The Labute approximate surface area is 149 Å². The van der Waals surface area contributed by atoms with Crippen LogP contribution >= 0.6 is 23.4 Å². The van der Waals surface area contributed by atoms with Gasteiger partial charge in [0.05, 0.1) is 13.2 Å². The minimum atomic E-state index is -0.437. The largest absolute Gasteiger partial charge is 0.378 e. The van der Waals surface area contributed by atoms with E-state index < -0.39 is 5.25 Å². The van der Waals surface area contributed by atoms with Crippen molar-refractivity contribution in [2.75, 3.05) is 26.3 Å². The summed E-state index contributed by atoms with van der Waals surface area (Å²) in [5.74, 6) is -0.391. The van der Waals surface area contributed by atoms with Crippen LogP contribution in [0.4, 0.5) is 0 Å². The fourth-order valence-electron chi connectivity index (χ4n) is 2.44. The van der Waals surface area contributed by atoms with E-state index in [0.717, 1.165) is 18.7 Å². The molecule has 0 saturated carbocycles. The summed E-state index contributed by atoms with van der Waals surface area (Å²) in [6.07, 6.45) is 0.133. The third kappa shape index (κ3) is 4.49. The van der Waals surface area contributed by atoms with E-state index in [1.807, 2.05) is 17.0 Å². The fourth-order valence-corrected chi connectivity index (χ4v) is 3.69. The number of aliphatic imine (C=N–C) groups is 1. The van der Waals surface area contributed by atoms with Crippen molar-refractivity contribution in [2.45, 2.75) is 18.2 Å². The molecule has 8 heteroatoms. The molecule has 1 aromatic rings. The summed E-state index contributed by atoms with van der Waals surface area (Å²) in [6.45, 7) is 3.15. The highest BCUT2D eigenvalue weighted by Gasteiger charge is 2.33. The minimum Gasteiger partial charge on any atom is -0.378 e. The number of nitrogens with one attached hydrogen (secondary N) is 1. The maximum absolute atomic E-state index is 12.1. The van der Waals surface area contributed by atoms with Gasteiger partial charge in [-0.25, -0.2) is 0 Å². The first-order valence-electron chi connectivity index (χ1n) is 7.75. The molecule has 0 radical (unpaired) electrons. The van der Waals surface area contributed by atoms with E-state index in [1.165, 1.54) is 11.8 Å². The number of rotatable bonds is 4. The van der Waals surface area contributed by atoms with Crippen LogP contribution < -0.4 is 5.32 Å². The van der Waals surface area contributed by atoms with E-state index in [0.29, 0.717) is 29.9 Å². The van der Waals surface area contributed by atoms with E-state index in [2.05, 4.69) is 10.3 Å². The number of amidine groups is 1. The van der Waals surface area contributed by atoms with Gasteiger partial charge < -0.3 is 15.0 Å². The molecule has 3 rings (SSSR count). The van der Waals surface area contributed by atoms with Crippen LogP contribution in [0.15, 0.2) is 29.3 Å². The Balaban J connectivity index is 1.46. The van der Waals surface area contributed by atoms with Gasteiger partial charge in [0, 0.05) is 31.1 Å². The number of ether oxygens (including phenoxy) is 1. The highest BCUT2D eigenvalue weighted by Crippen LogP contribution is 2.27. The Kier molecular flexibility index (Phi) is 5.76. The Morgan fingerprint density at radius 1 is 1.33 bits per heavy atom. The monoisotopic (exact) mass is 367 g/mol. The molecule has 1 saturated heterocycles. The molecule has 0 aliphatic carbocycles. The van der Waals surface area contributed by atoms with Crippen LogP contribution in [0.3, 0.4) is 0 Å². The number of thioether (sulfide) groups is 1. The van der Waals surface area contributed by atoms with Gasteiger partial charge in [-0.1, -0.05) is 35.5 Å². The molecule has 0 bridgehead atoms. The molecule has 2 aliphatic heterocycles. The lowest BCUT2D eigenvalue weighted by molar-refractivity contribution is -0.124. The van der Waals surface area contributed by atoms with Crippen LogP contribution in [-0.2, 0) is 20.9 Å². The van der Waals surface area contributed by atoms with Gasteiger partial charge in [-0.2, -0.15) is 4.99 Å². The van der Waals surface area contributed by atoms with Crippen molar-refractivity contribution < 1.29 is 14.3 Å². The molecule has 0 aromatic heterocycles. The number of hydrogen-bond acceptors (Lipinski definition) is 5. The molecule has 2 aliphatic rings. The summed E-state index contributed by atoms with van der Waals surface area (Å²) in [5.41, 5.74) is 0.961. The van der Waals surface area contributed by atoms with Crippen LogP contribution in [0.5, 0.6) is 0 Å². The molecule has 128 valence electrons. The molecule has 1 fully saturated rings. The van der Waals surface area contributed by atoms with Gasteiger partial charge in [-0.15, -0.1) is 0 Å². The predicted octanol–water partition coefficient (Wildman–Crippen LogP) is 1.68. The molecule has 1 aromatic carbocycles. The quantitative estimate of drug-likeness (QED) is 0.876. The Hall–Kier alpha value is -1.57. The second-order valence-corrected chi connectivity index (χ2v) is 7.15. The zero-order valence-electron chi connectivity index (χ0n) is 13.0. The Bertz CT molecular complexity index is 644. The van der Waals surface area contributed by atoms with Crippen molar-refractivity contribution >= 4 is 40.3 Å². The lowest BCUT2D eigenvalue weighted by atomic mass is 10.2.